The molecule has 1 unspecified atom stereocenters. The molecule has 1 atom stereocenters. The minimum absolute atomic E-state index is 0.0411. The molecule has 0 aliphatic rings. The summed E-state index contributed by atoms with van der Waals surface area (Å²) in [7, 11) is 0. The van der Waals surface area contributed by atoms with E-state index in [0.29, 0.717) is 5.57 Å². The third kappa shape index (κ3) is 6.61. The van der Waals surface area contributed by atoms with Crippen LogP contribution < -0.4 is 5.32 Å². The molecule has 110 valence electrons. The number of hydrogen-bond acceptors (Lipinski definition) is 3. The standard InChI is InChI=1S/C13H22BrNO4/c1-7(2)10(8(3)9(14)11(16)17)15-12(18)19-13(4,5)6/h7,10H,1-6H3,(H,15,18)(H,16,17). The van der Waals surface area contributed by atoms with Gasteiger partial charge in [0.25, 0.3) is 0 Å². The fourth-order valence-corrected chi connectivity index (χ4v) is 1.76. The lowest BCUT2D eigenvalue weighted by molar-refractivity contribution is -0.131. The number of nitrogens with one attached hydrogen (secondary N) is 1. The second kappa shape index (κ2) is 6.93. The van der Waals surface area contributed by atoms with E-state index >= 15 is 0 Å². The van der Waals surface area contributed by atoms with Gasteiger partial charge in [-0.1, -0.05) is 13.8 Å². The summed E-state index contributed by atoms with van der Waals surface area (Å²) in [4.78, 5) is 22.7. The zero-order valence-electron chi connectivity index (χ0n) is 12.2. The van der Waals surface area contributed by atoms with E-state index in [1.807, 2.05) is 13.8 Å². The largest absolute Gasteiger partial charge is 0.477 e. The Kier molecular flexibility index (Phi) is 6.55. The number of carbonyl (C=O) groups is 2. The molecule has 0 radical (unpaired) electrons. The predicted molar refractivity (Wildman–Crippen MR) is 77.3 cm³/mol. The predicted octanol–water partition coefficient (Wildman–Crippen LogP) is 3.29. The van der Waals surface area contributed by atoms with Crippen LogP contribution in [0, 0.1) is 5.92 Å². The van der Waals surface area contributed by atoms with Crippen LogP contribution in [0.1, 0.15) is 41.5 Å². The van der Waals surface area contributed by atoms with E-state index in [4.69, 9.17) is 9.84 Å². The molecular formula is C13H22BrNO4. The minimum Gasteiger partial charge on any atom is -0.477 e. The Morgan fingerprint density at radius 3 is 2.05 bits per heavy atom. The van der Waals surface area contributed by atoms with Crippen LogP contribution in [-0.4, -0.2) is 28.8 Å². The lowest BCUT2D eigenvalue weighted by Crippen LogP contribution is -2.42. The van der Waals surface area contributed by atoms with Crippen molar-refractivity contribution in [3.8, 4) is 0 Å². The molecular weight excluding hydrogens is 314 g/mol. The molecule has 19 heavy (non-hydrogen) atoms. The average Bonchev–Trinajstić information content (AvgIpc) is 2.20. The van der Waals surface area contributed by atoms with Crippen LogP contribution in [0.25, 0.3) is 0 Å². The fourth-order valence-electron chi connectivity index (χ4n) is 1.51. The number of carbonyl (C=O) groups excluding carboxylic acids is 1. The highest BCUT2D eigenvalue weighted by atomic mass is 79.9. The van der Waals surface area contributed by atoms with Gasteiger partial charge in [0.1, 0.15) is 10.1 Å². The summed E-state index contributed by atoms with van der Waals surface area (Å²) < 4.78 is 5.23. The molecule has 0 rings (SSSR count). The van der Waals surface area contributed by atoms with Crippen LogP contribution in [0.5, 0.6) is 0 Å². The molecule has 1 amide bonds. The summed E-state index contributed by atoms with van der Waals surface area (Å²) in [6.45, 7) is 10.8. The number of carboxylic acids is 1. The van der Waals surface area contributed by atoms with Crippen molar-refractivity contribution in [3.05, 3.63) is 10.1 Å². The topological polar surface area (TPSA) is 75.6 Å². The summed E-state index contributed by atoms with van der Waals surface area (Å²) in [6.07, 6.45) is -0.559. The van der Waals surface area contributed by atoms with Crippen molar-refractivity contribution in [1.29, 1.82) is 0 Å². The molecule has 0 fully saturated rings. The average molecular weight is 336 g/mol. The summed E-state index contributed by atoms with van der Waals surface area (Å²) in [5.41, 5.74) is -0.0406. The van der Waals surface area contributed by atoms with Crippen molar-refractivity contribution >= 4 is 28.0 Å². The zero-order valence-corrected chi connectivity index (χ0v) is 13.8. The summed E-state index contributed by atoms with van der Waals surface area (Å²) >= 11 is 3.02. The monoisotopic (exact) mass is 335 g/mol. The first-order valence-corrected chi connectivity index (χ1v) is 6.84. The minimum atomic E-state index is -1.06. The number of alkyl carbamates (subject to hydrolysis) is 1. The van der Waals surface area contributed by atoms with Gasteiger partial charge in [0.2, 0.25) is 0 Å². The highest BCUT2D eigenvalue weighted by Gasteiger charge is 2.25. The Hall–Kier alpha value is -1.04. The third-order valence-corrected chi connectivity index (χ3v) is 3.30. The normalized spacial score (nSPS) is 14.7. The molecule has 0 saturated carbocycles. The van der Waals surface area contributed by atoms with Gasteiger partial charge in [0.15, 0.2) is 0 Å². The third-order valence-electron chi connectivity index (χ3n) is 2.34. The molecule has 0 heterocycles. The lowest BCUT2D eigenvalue weighted by Gasteiger charge is -2.26. The highest BCUT2D eigenvalue weighted by Crippen LogP contribution is 2.21. The van der Waals surface area contributed by atoms with E-state index in [-0.39, 0.29) is 10.4 Å². The van der Waals surface area contributed by atoms with Crippen molar-refractivity contribution in [2.24, 2.45) is 5.92 Å². The van der Waals surface area contributed by atoms with Gasteiger partial charge in [-0.05, 0) is 55.1 Å². The van der Waals surface area contributed by atoms with Crippen LogP contribution in [0.3, 0.4) is 0 Å². The number of aliphatic carboxylic acids is 1. The van der Waals surface area contributed by atoms with Crippen molar-refractivity contribution in [1.82, 2.24) is 5.32 Å². The number of hydrogen-bond donors (Lipinski definition) is 2. The van der Waals surface area contributed by atoms with Gasteiger partial charge in [-0.15, -0.1) is 0 Å². The Bertz CT molecular complexity index is 383. The summed E-state index contributed by atoms with van der Waals surface area (Å²) in [5, 5.41) is 11.7. The zero-order chi connectivity index (χ0) is 15.4. The fraction of sp³-hybridized carbons (Fsp3) is 0.692. The van der Waals surface area contributed by atoms with Crippen LogP contribution >= 0.6 is 15.9 Å². The molecule has 2 N–H and O–H groups in total. The molecule has 0 spiro atoms. The first kappa shape index (κ1) is 18.0. The number of ether oxygens (including phenoxy) is 1. The molecule has 0 aliphatic heterocycles. The summed E-state index contributed by atoms with van der Waals surface area (Å²) in [6, 6.07) is -0.402. The Morgan fingerprint density at radius 1 is 1.26 bits per heavy atom. The van der Waals surface area contributed by atoms with Crippen molar-refractivity contribution in [2.45, 2.75) is 53.2 Å². The van der Waals surface area contributed by atoms with E-state index in [2.05, 4.69) is 21.2 Å². The highest BCUT2D eigenvalue weighted by molar-refractivity contribution is 9.12. The van der Waals surface area contributed by atoms with E-state index in [1.54, 1.807) is 27.7 Å². The lowest BCUT2D eigenvalue weighted by atomic mass is 9.97. The Morgan fingerprint density at radius 2 is 1.74 bits per heavy atom. The maximum absolute atomic E-state index is 11.8. The molecule has 0 aromatic rings. The molecule has 0 aromatic heterocycles. The van der Waals surface area contributed by atoms with Crippen molar-refractivity contribution in [2.75, 3.05) is 0 Å². The van der Waals surface area contributed by atoms with E-state index in [1.165, 1.54) is 0 Å². The van der Waals surface area contributed by atoms with Gasteiger partial charge in [-0.2, -0.15) is 0 Å². The van der Waals surface area contributed by atoms with Gasteiger partial charge in [-0.3, -0.25) is 0 Å². The number of halogens is 1. The maximum Gasteiger partial charge on any atom is 0.408 e. The molecule has 5 nitrogen and oxygen atoms in total. The SMILES string of the molecule is CC(=C(Br)C(=O)O)C(NC(=O)OC(C)(C)C)C(C)C. The van der Waals surface area contributed by atoms with Gasteiger partial charge in [-0.25, -0.2) is 9.59 Å². The van der Waals surface area contributed by atoms with E-state index in [0.717, 1.165) is 0 Å². The van der Waals surface area contributed by atoms with Gasteiger partial charge >= 0.3 is 12.1 Å². The summed E-state index contributed by atoms with van der Waals surface area (Å²) in [5.74, 6) is -1.02. The quantitative estimate of drug-likeness (QED) is 0.773. The smallest absolute Gasteiger partial charge is 0.408 e. The van der Waals surface area contributed by atoms with Crippen molar-refractivity contribution < 1.29 is 19.4 Å². The van der Waals surface area contributed by atoms with Gasteiger partial charge in [0, 0.05) is 0 Å². The van der Waals surface area contributed by atoms with Crippen LogP contribution in [0.4, 0.5) is 4.79 Å². The number of carboxylic acid groups (broad SMARTS) is 1. The Balaban J connectivity index is 5.02. The van der Waals surface area contributed by atoms with Gasteiger partial charge in [0.05, 0.1) is 6.04 Å². The Labute approximate surface area is 122 Å². The van der Waals surface area contributed by atoms with Crippen molar-refractivity contribution in [3.63, 3.8) is 0 Å². The molecule has 0 aromatic carbocycles. The number of amides is 1. The second-order valence-electron chi connectivity index (χ2n) is 5.67. The van der Waals surface area contributed by atoms with Crippen LogP contribution in [0.15, 0.2) is 10.1 Å². The van der Waals surface area contributed by atoms with E-state index < -0.39 is 23.7 Å². The first-order valence-electron chi connectivity index (χ1n) is 6.04. The molecule has 0 bridgehead atoms. The first-order chi connectivity index (χ1) is 8.45. The van der Waals surface area contributed by atoms with E-state index in [9.17, 15) is 9.59 Å². The molecule has 0 aliphatic carbocycles. The maximum atomic E-state index is 11.8. The van der Waals surface area contributed by atoms with Crippen LogP contribution in [-0.2, 0) is 9.53 Å². The second-order valence-corrected chi connectivity index (χ2v) is 6.46. The molecule has 0 saturated heterocycles. The van der Waals surface area contributed by atoms with Crippen LogP contribution in [0.2, 0.25) is 0 Å². The molecule has 6 heteroatoms. The van der Waals surface area contributed by atoms with Gasteiger partial charge < -0.3 is 15.2 Å². The number of rotatable bonds is 4.